The highest BCUT2D eigenvalue weighted by atomic mass is 15.3. The van der Waals surface area contributed by atoms with Gasteiger partial charge in [-0.2, -0.15) is 15.0 Å². The van der Waals surface area contributed by atoms with Crippen LogP contribution in [0.1, 0.15) is 17.0 Å². The third-order valence-corrected chi connectivity index (χ3v) is 5.28. The fourth-order valence-electron chi connectivity index (χ4n) is 3.66. The summed E-state index contributed by atoms with van der Waals surface area (Å²) in [6.45, 7) is 8.76. The maximum Gasteiger partial charge on any atom is 0.232 e. The van der Waals surface area contributed by atoms with E-state index in [1.807, 2.05) is 31.2 Å². The lowest BCUT2D eigenvalue weighted by atomic mass is 10.1. The Morgan fingerprint density at radius 1 is 0.862 bits per heavy atom. The first-order valence-corrected chi connectivity index (χ1v) is 9.94. The number of nitrogen functional groups attached to an aromatic ring is 1. The van der Waals surface area contributed by atoms with Crippen molar-refractivity contribution in [3.05, 3.63) is 65.5 Å². The van der Waals surface area contributed by atoms with Gasteiger partial charge in [-0.3, -0.25) is 4.90 Å². The lowest BCUT2D eigenvalue weighted by Crippen LogP contribution is -2.46. The van der Waals surface area contributed by atoms with Crippen LogP contribution in [0.25, 0.3) is 0 Å². The van der Waals surface area contributed by atoms with Crippen molar-refractivity contribution in [2.75, 3.05) is 42.1 Å². The summed E-state index contributed by atoms with van der Waals surface area (Å²) in [5.74, 6) is 1.42. The second-order valence-corrected chi connectivity index (χ2v) is 7.42. The van der Waals surface area contributed by atoms with Crippen molar-refractivity contribution >= 4 is 23.3 Å². The van der Waals surface area contributed by atoms with E-state index in [0.717, 1.165) is 37.4 Å². The Bertz CT molecular complexity index is 980. The average molecular weight is 390 g/mol. The first-order chi connectivity index (χ1) is 14.1. The maximum absolute atomic E-state index is 5.94. The van der Waals surface area contributed by atoms with Crippen LogP contribution >= 0.6 is 0 Å². The van der Waals surface area contributed by atoms with E-state index in [-0.39, 0.29) is 5.95 Å². The number of benzene rings is 2. The molecule has 0 amide bonds. The lowest BCUT2D eigenvalue weighted by Gasteiger charge is -2.36. The Kier molecular flexibility index (Phi) is 5.57. The lowest BCUT2D eigenvalue weighted by molar-refractivity contribution is 0.244. The number of nitrogens with two attached hydrogens (primary N) is 1. The molecule has 3 aromatic rings. The molecule has 150 valence electrons. The Morgan fingerprint density at radius 2 is 1.55 bits per heavy atom. The van der Waals surface area contributed by atoms with Crippen LogP contribution in [0.3, 0.4) is 0 Å². The number of aromatic nitrogens is 3. The van der Waals surface area contributed by atoms with E-state index in [4.69, 9.17) is 5.73 Å². The number of hydrogen-bond acceptors (Lipinski definition) is 7. The third-order valence-electron chi connectivity index (χ3n) is 5.28. The SMILES string of the molecule is Cc1ccccc1Nc1nc(N)nc(CN2CCN(c3ccccc3C)CC2)n1. The van der Waals surface area contributed by atoms with Crippen LogP contribution in [0.15, 0.2) is 48.5 Å². The van der Waals surface area contributed by atoms with Crippen molar-refractivity contribution in [3.8, 4) is 0 Å². The zero-order valence-electron chi connectivity index (χ0n) is 17.0. The first-order valence-electron chi connectivity index (χ1n) is 9.94. The molecule has 1 aliphatic rings. The fraction of sp³-hybridized carbons (Fsp3) is 0.318. The van der Waals surface area contributed by atoms with Gasteiger partial charge in [-0.1, -0.05) is 36.4 Å². The number of para-hydroxylation sites is 2. The molecule has 2 heterocycles. The van der Waals surface area contributed by atoms with Crippen LogP contribution in [-0.4, -0.2) is 46.0 Å². The maximum atomic E-state index is 5.94. The van der Waals surface area contributed by atoms with Crippen LogP contribution in [0.5, 0.6) is 0 Å². The first kappa shape index (κ1) is 19.1. The molecule has 1 fully saturated rings. The Balaban J connectivity index is 1.41. The van der Waals surface area contributed by atoms with Crippen molar-refractivity contribution < 1.29 is 0 Å². The number of rotatable bonds is 5. The monoisotopic (exact) mass is 389 g/mol. The topological polar surface area (TPSA) is 83.2 Å². The number of hydrogen-bond donors (Lipinski definition) is 2. The van der Waals surface area contributed by atoms with E-state index >= 15 is 0 Å². The number of nitrogens with one attached hydrogen (secondary N) is 1. The molecule has 3 N–H and O–H groups in total. The minimum absolute atomic E-state index is 0.240. The molecule has 0 aliphatic carbocycles. The second-order valence-electron chi connectivity index (χ2n) is 7.42. The number of piperazine rings is 1. The van der Waals surface area contributed by atoms with Gasteiger partial charge in [0.15, 0.2) is 0 Å². The third kappa shape index (κ3) is 4.63. The summed E-state index contributed by atoms with van der Waals surface area (Å²) in [6.07, 6.45) is 0. The van der Waals surface area contributed by atoms with E-state index in [1.54, 1.807) is 0 Å². The van der Waals surface area contributed by atoms with E-state index < -0.39 is 0 Å². The molecular formula is C22H27N7. The summed E-state index contributed by atoms with van der Waals surface area (Å²) < 4.78 is 0. The van der Waals surface area contributed by atoms with Gasteiger partial charge in [0.25, 0.3) is 0 Å². The van der Waals surface area contributed by atoms with Gasteiger partial charge in [-0.25, -0.2) is 0 Å². The molecule has 1 aromatic heterocycles. The molecule has 2 aromatic carbocycles. The molecule has 1 aliphatic heterocycles. The van der Waals surface area contributed by atoms with E-state index in [0.29, 0.717) is 18.3 Å². The molecule has 29 heavy (non-hydrogen) atoms. The summed E-state index contributed by atoms with van der Waals surface area (Å²) in [6, 6.07) is 16.6. The standard InChI is InChI=1S/C22H27N7/c1-16-7-3-5-9-18(16)24-22-26-20(25-21(23)27-22)15-28-11-13-29(14-12-28)19-10-6-4-8-17(19)2/h3-10H,11-15H2,1-2H3,(H3,23,24,25,26,27). The van der Waals surface area contributed by atoms with Gasteiger partial charge in [-0.15, -0.1) is 0 Å². The van der Waals surface area contributed by atoms with Crippen LogP contribution < -0.4 is 16.0 Å². The summed E-state index contributed by atoms with van der Waals surface area (Å²) in [4.78, 5) is 18.0. The van der Waals surface area contributed by atoms with E-state index in [1.165, 1.54) is 11.3 Å². The number of anilines is 4. The number of aryl methyl sites for hydroxylation is 2. The van der Waals surface area contributed by atoms with Gasteiger partial charge in [0.1, 0.15) is 5.82 Å². The second kappa shape index (κ2) is 8.45. The fourth-order valence-corrected chi connectivity index (χ4v) is 3.66. The molecule has 0 bridgehead atoms. The predicted molar refractivity (Wildman–Crippen MR) is 117 cm³/mol. The summed E-state index contributed by atoms with van der Waals surface area (Å²) in [5.41, 5.74) is 10.7. The van der Waals surface area contributed by atoms with Crippen molar-refractivity contribution in [1.29, 1.82) is 0 Å². The minimum atomic E-state index is 0.240. The zero-order chi connectivity index (χ0) is 20.2. The molecule has 0 unspecified atom stereocenters. The van der Waals surface area contributed by atoms with Crippen LogP contribution in [0.2, 0.25) is 0 Å². The highest BCUT2D eigenvalue weighted by Crippen LogP contribution is 2.22. The van der Waals surface area contributed by atoms with Gasteiger partial charge in [0, 0.05) is 37.6 Å². The van der Waals surface area contributed by atoms with Gasteiger partial charge < -0.3 is 16.0 Å². The van der Waals surface area contributed by atoms with Crippen molar-refractivity contribution in [1.82, 2.24) is 19.9 Å². The molecule has 7 heteroatoms. The highest BCUT2D eigenvalue weighted by molar-refractivity contribution is 5.58. The van der Waals surface area contributed by atoms with Crippen LogP contribution in [0.4, 0.5) is 23.3 Å². The molecule has 0 radical (unpaired) electrons. The molecule has 7 nitrogen and oxygen atoms in total. The van der Waals surface area contributed by atoms with Crippen LogP contribution in [0, 0.1) is 13.8 Å². The van der Waals surface area contributed by atoms with Gasteiger partial charge in [0.05, 0.1) is 6.54 Å². The highest BCUT2D eigenvalue weighted by Gasteiger charge is 2.19. The van der Waals surface area contributed by atoms with Gasteiger partial charge in [0.2, 0.25) is 11.9 Å². The zero-order valence-corrected chi connectivity index (χ0v) is 17.0. The average Bonchev–Trinajstić information content (AvgIpc) is 2.70. The predicted octanol–water partition coefficient (Wildman–Crippen LogP) is 3.14. The Morgan fingerprint density at radius 3 is 2.28 bits per heavy atom. The Hall–Kier alpha value is -3.19. The molecular weight excluding hydrogens is 362 g/mol. The summed E-state index contributed by atoms with van der Waals surface area (Å²) in [5, 5.41) is 3.26. The smallest absolute Gasteiger partial charge is 0.232 e. The summed E-state index contributed by atoms with van der Waals surface area (Å²) in [7, 11) is 0. The number of nitrogens with zero attached hydrogens (tertiary/aromatic N) is 5. The normalized spacial score (nSPS) is 14.8. The summed E-state index contributed by atoms with van der Waals surface area (Å²) >= 11 is 0. The quantitative estimate of drug-likeness (QED) is 0.693. The molecule has 1 saturated heterocycles. The molecule has 4 rings (SSSR count). The van der Waals surface area contributed by atoms with Gasteiger partial charge in [-0.05, 0) is 37.1 Å². The van der Waals surface area contributed by atoms with Crippen LogP contribution in [-0.2, 0) is 6.54 Å². The van der Waals surface area contributed by atoms with E-state index in [2.05, 4.69) is 61.3 Å². The minimum Gasteiger partial charge on any atom is -0.369 e. The van der Waals surface area contributed by atoms with E-state index in [9.17, 15) is 0 Å². The molecule has 0 spiro atoms. The van der Waals surface area contributed by atoms with Crippen molar-refractivity contribution in [2.24, 2.45) is 0 Å². The van der Waals surface area contributed by atoms with Crippen molar-refractivity contribution in [3.63, 3.8) is 0 Å². The Labute approximate surface area is 171 Å². The molecule has 0 atom stereocenters. The van der Waals surface area contributed by atoms with Crippen molar-refractivity contribution in [2.45, 2.75) is 20.4 Å². The molecule has 0 saturated carbocycles. The largest absolute Gasteiger partial charge is 0.369 e. The van der Waals surface area contributed by atoms with Gasteiger partial charge >= 0.3 is 0 Å².